The van der Waals surface area contributed by atoms with Crippen LogP contribution in [0.4, 0.5) is 10.5 Å². The zero-order valence-corrected chi connectivity index (χ0v) is 17.5. The van der Waals surface area contributed by atoms with E-state index in [0.717, 1.165) is 17.5 Å². The Morgan fingerprint density at radius 3 is 2.77 bits per heavy atom. The molecule has 3 rings (SSSR count). The van der Waals surface area contributed by atoms with Gasteiger partial charge in [0, 0.05) is 44.6 Å². The van der Waals surface area contributed by atoms with Crippen LogP contribution in [0.25, 0.3) is 0 Å². The molecule has 1 heterocycles. The minimum atomic E-state index is -0.498. The second kappa shape index (κ2) is 10.6. The van der Waals surface area contributed by atoms with E-state index < -0.39 is 6.10 Å². The first-order valence-electron chi connectivity index (χ1n) is 10.3. The van der Waals surface area contributed by atoms with Gasteiger partial charge in [-0.25, -0.2) is 4.79 Å². The third-order valence-electron chi connectivity index (χ3n) is 4.98. The minimum absolute atomic E-state index is 0.0140. The van der Waals surface area contributed by atoms with E-state index in [4.69, 9.17) is 9.47 Å². The van der Waals surface area contributed by atoms with Crippen molar-refractivity contribution in [2.75, 3.05) is 25.6 Å². The summed E-state index contributed by atoms with van der Waals surface area (Å²) in [5, 5.41) is 5.70. The molecule has 1 unspecified atom stereocenters. The Balaban J connectivity index is 1.67. The number of carbonyl (C=O) groups is 2. The molecule has 1 atom stereocenters. The molecule has 0 aliphatic carbocycles. The molecule has 7 heteroatoms. The molecular formula is C23H29N3O4. The number of hydrogen-bond acceptors (Lipinski definition) is 4. The van der Waals surface area contributed by atoms with Crippen molar-refractivity contribution in [1.82, 2.24) is 10.2 Å². The molecule has 7 nitrogen and oxygen atoms in total. The molecule has 0 saturated heterocycles. The van der Waals surface area contributed by atoms with Gasteiger partial charge in [-0.05, 0) is 36.6 Å². The second-order valence-corrected chi connectivity index (χ2v) is 7.24. The van der Waals surface area contributed by atoms with Crippen LogP contribution in [0.3, 0.4) is 0 Å². The lowest BCUT2D eigenvalue weighted by Gasteiger charge is -2.23. The molecule has 2 aromatic rings. The number of methoxy groups -OCH3 is 1. The summed E-state index contributed by atoms with van der Waals surface area (Å²) in [7, 11) is 1.65. The van der Waals surface area contributed by atoms with Gasteiger partial charge in [0.05, 0.1) is 0 Å². The maximum atomic E-state index is 12.8. The predicted octanol–water partition coefficient (Wildman–Crippen LogP) is 3.54. The molecule has 3 amide bonds. The van der Waals surface area contributed by atoms with Gasteiger partial charge < -0.3 is 25.0 Å². The van der Waals surface area contributed by atoms with Crippen LogP contribution in [0.5, 0.6) is 5.75 Å². The molecule has 0 saturated carbocycles. The summed E-state index contributed by atoms with van der Waals surface area (Å²) in [5.41, 5.74) is 2.55. The van der Waals surface area contributed by atoms with Gasteiger partial charge in [0.2, 0.25) is 0 Å². The zero-order chi connectivity index (χ0) is 21.3. The summed E-state index contributed by atoms with van der Waals surface area (Å²) in [6, 6.07) is 14.9. The molecule has 1 aliphatic rings. The van der Waals surface area contributed by atoms with Gasteiger partial charge in [0.1, 0.15) is 5.75 Å². The number of urea groups is 1. The fourth-order valence-corrected chi connectivity index (χ4v) is 3.39. The average Bonchev–Trinajstić information content (AvgIpc) is 2.89. The van der Waals surface area contributed by atoms with Crippen LogP contribution in [0.1, 0.15) is 30.9 Å². The lowest BCUT2D eigenvalue weighted by Crippen LogP contribution is -2.40. The van der Waals surface area contributed by atoms with Gasteiger partial charge in [0.15, 0.2) is 6.10 Å². The van der Waals surface area contributed by atoms with Crippen molar-refractivity contribution in [3.63, 3.8) is 0 Å². The number of carbonyl (C=O) groups excluding carboxylic acids is 2. The van der Waals surface area contributed by atoms with Crippen molar-refractivity contribution in [1.29, 1.82) is 0 Å². The Morgan fingerprint density at radius 1 is 1.23 bits per heavy atom. The summed E-state index contributed by atoms with van der Waals surface area (Å²) in [5.74, 6) is 0.666. The van der Waals surface area contributed by atoms with Crippen LogP contribution in [-0.4, -0.2) is 43.2 Å². The van der Waals surface area contributed by atoms with E-state index in [0.29, 0.717) is 44.1 Å². The minimum Gasteiger partial charge on any atom is -0.480 e. The number of anilines is 1. The van der Waals surface area contributed by atoms with Gasteiger partial charge in [-0.3, -0.25) is 4.79 Å². The zero-order valence-electron chi connectivity index (χ0n) is 17.5. The third kappa shape index (κ3) is 5.73. The number of rotatable bonds is 8. The van der Waals surface area contributed by atoms with Crippen molar-refractivity contribution >= 4 is 17.6 Å². The summed E-state index contributed by atoms with van der Waals surface area (Å²) in [6.07, 6.45) is 0.858. The monoisotopic (exact) mass is 411 g/mol. The molecular weight excluding hydrogens is 382 g/mol. The maximum Gasteiger partial charge on any atom is 0.319 e. The summed E-state index contributed by atoms with van der Waals surface area (Å²) < 4.78 is 11.1. The molecule has 160 valence electrons. The van der Waals surface area contributed by atoms with Gasteiger partial charge in [-0.15, -0.1) is 0 Å². The van der Waals surface area contributed by atoms with Crippen molar-refractivity contribution in [3.8, 4) is 5.75 Å². The van der Waals surface area contributed by atoms with E-state index in [1.165, 1.54) is 0 Å². The van der Waals surface area contributed by atoms with Crippen LogP contribution in [0.15, 0.2) is 48.5 Å². The van der Waals surface area contributed by atoms with E-state index in [9.17, 15) is 9.59 Å². The molecule has 0 aromatic heterocycles. The predicted molar refractivity (Wildman–Crippen MR) is 115 cm³/mol. The van der Waals surface area contributed by atoms with Gasteiger partial charge in [0.25, 0.3) is 5.91 Å². The Labute approximate surface area is 177 Å². The van der Waals surface area contributed by atoms with Crippen molar-refractivity contribution in [2.24, 2.45) is 0 Å². The molecule has 0 bridgehead atoms. The van der Waals surface area contributed by atoms with E-state index in [2.05, 4.69) is 10.6 Å². The first-order valence-corrected chi connectivity index (χ1v) is 10.3. The molecule has 30 heavy (non-hydrogen) atoms. The quantitative estimate of drug-likeness (QED) is 0.651. The first-order chi connectivity index (χ1) is 14.6. The normalized spacial score (nSPS) is 15.7. The Bertz CT molecular complexity index is 857. The summed E-state index contributed by atoms with van der Waals surface area (Å²) >= 11 is 0. The van der Waals surface area contributed by atoms with Crippen molar-refractivity contribution in [3.05, 3.63) is 59.7 Å². The Morgan fingerprint density at radius 2 is 2.03 bits per heavy atom. The largest absolute Gasteiger partial charge is 0.480 e. The molecule has 2 aromatic carbocycles. The van der Waals surface area contributed by atoms with Crippen LogP contribution < -0.4 is 15.4 Å². The van der Waals surface area contributed by atoms with Gasteiger partial charge in [-0.1, -0.05) is 37.3 Å². The van der Waals surface area contributed by atoms with E-state index in [1.54, 1.807) is 18.1 Å². The highest BCUT2D eigenvalue weighted by atomic mass is 16.5. The van der Waals surface area contributed by atoms with Crippen LogP contribution in [-0.2, 0) is 22.6 Å². The fourth-order valence-electron chi connectivity index (χ4n) is 3.39. The van der Waals surface area contributed by atoms with Gasteiger partial charge in [-0.2, -0.15) is 0 Å². The molecule has 0 spiro atoms. The van der Waals surface area contributed by atoms with Crippen molar-refractivity contribution < 1.29 is 19.1 Å². The summed E-state index contributed by atoms with van der Waals surface area (Å²) in [4.78, 5) is 26.9. The molecule has 0 fully saturated rings. The maximum absolute atomic E-state index is 12.8. The SMILES string of the molecule is CCC1Oc2ccc(NC(=O)NCc3ccccc3)cc2CN(CCCOC)C1=O. The lowest BCUT2D eigenvalue weighted by molar-refractivity contribution is -0.138. The van der Waals surface area contributed by atoms with Crippen LogP contribution in [0, 0.1) is 0 Å². The van der Waals surface area contributed by atoms with Gasteiger partial charge >= 0.3 is 6.03 Å². The highest BCUT2D eigenvalue weighted by Gasteiger charge is 2.29. The number of nitrogens with one attached hydrogen (secondary N) is 2. The molecule has 1 aliphatic heterocycles. The van der Waals surface area contributed by atoms with E-state index in [-0.39, 0.29) is 11.9 Å². The number of fused-ring (bicyclic) bond motifs is 1. The standard InChI is InChI=1S/C23H29N3O4/c1-3-20-22(27)26(12-7-13-29-2)16-18-14-19(10-11-21(18)30-20)25-23(28)24-15-17-8-5-4-6-9-17/h4-6,8-11,14,20H,3,7,12-13,15-16H2,1-2H3,(H2,24,25,28). The lowest BCUT2D eigenvalue weighted by atomic mass is 10.1. The Kier molecular flexibility index (Phi) is 7.68. The third-order valence-corrected chi connectivity index (χ3v) is 4.98. The summed E-state index contributed by atoms with van der Waals surface area (Å²) in [6.45, 7) is 4.02. The fraction of sp³-hybridized carbons (Fsp3) is 0.391. The number of hydrogen-bond donors (Lipinski definition) is 2. The van der Waals surface area contributed by atoms with Crippen molar-refractivity contribution in [2.45, 2.75) is 39.0 Å². The van der Waals surface area contributed by atoms with E-state index >= 15 is 0 Å². The number of amides is 3. The molecule has 0 radical (unpaired) electrons. The molecule has 2 N–H and O–H groups in total. The average molecular weight is 412 g/mol. The smallest absolute Gasteiger partial charge is 0.319 e. The van der Waals surface area contributed by atoms with E-state index in [1.807, 2.05) is 49.4 Å². The number of benzene rings is 2. The van der Waals surface area contributed by atoms with Crippen LogP contribution in [0.2, 0.25) is 0 Å². The Hall–Kier alpha value is -3.06. The number of ether oxygens (including phenoxy) is 2. The van der Waals surface area contributed by atoms with Crippen LogP contribution >= 0.6 is 0 Å². The first kappa shape index (κ1) is 21.6. The number of nitrogens with zero attached hydrogens (tertiary/aromatic N) is 1. The second-order valence-electron chi connectivity index (χ2n) is 7.24. The highest BCUT2D eigenvalue weighted by Crippen LogP contribution is 2.29. The highest BCUT2D eigenvalue weighted by molar-refractivity contribution is 5.89. The topological polar surface area (TPSA) is 79.9 Å².